The van der Waals surface area contributed by atoms with Gasteiger partial charge in [-0.3, -0.25) is 4.79 Å². The predicted octanol–water partition coefficient (Wildman–Crippen LogP) is 2.10. The molecule has 0 atom stereocenters. The third-order valence-electron chi connectivity index (χ3n) is 3.56. The van der Waals surface area contributed by atoms with Gasteiger partial charge in [-0.2, -0.15) is 4.99 Å². The highest BCUT2D eigenvalue weighted by Gasteiger charge is 2.24. The molecule has 2 aromatic rings. The maximum absolute atomic E-state index is 12.1. The Bertz CT molecular complexity index is 887. The molecule has 2 N–H and O–H groups in total. The lowest BCUT2D eigenvalue weighted by molar-refractivity contribution is -0.114. The van der Waals surface area contributed by atoms with Gasteiger partial charge in [0.2, 0.25) is 5.96 Å². The highest BCUT2D eigenvalue weighted by molar-refractivity contribution is 7.12. The summed E-state index contributed by atoms with van der Waals surface area (Å²) in [5.41, 5.74) is 6.66. The van der Waals surface area contributed by atoms with E-state index in [2.05, 4.69) is 4.99 Å². The lowest BCUT2D eigenvalue weighted by atomic mass is 10.1. The van der Waals surface area contributed by atoms with E-state index >= 15 is 0 Å². The first-order chi connectivity index (χ1) is 12.0. The zero-order chi connectivity index (χ0) is 18.0. The van der Waals surface area contributed by atoms with Gasteiger partial charge in [0.15, 0.2) is 11.5 Å². The van der Waals surface area contributed by atoms with Crippen molar-refractivity contribution in [2.75, 3.05) is 14.2 Å². The van der Waals surface area contributed by atoms with E-state index in [1.807, 2.05) is 0 Å². The molecule has 0 spiro atoms. The quantitative estimate of drug-likeness (QED) is 0.512. The maximum atomic E-state index is 12.1. The molecule has 0 saturated heterocycles. The van der Waals surface area contributed by atoms with E-state index in [-0.39, 0.29) is 5.96 Å². The number of likely N-dealkylation sites (N-methyl/N-ethyl adjacent to an activating group) is 1. The average Bonchev–Trinajstić information content (AvgIpc) is 3.21. The van der Waals surface area contributed by atoms with Crippen molar-refractivity contribution >= 4 is 35.2 Å². The summed E-state index contributed by atoms with van der Waals surface area (Å²) in [7, 11) is 3.13. The second-order valence-electron chi connectivity index (χ2n) is 5.14. The standard InChI is InChI=1S/C17H15N3O4S/c1-20-11(15(21)19-17(20)18)8-10-5-6-12(13(9-10)23-2)24-16(22)14-4-3-7-25-14/h3-9H,1-2H3,(H2,18,19,21)/b11-8-. The van der Waals surface area contributed by atoms with Crippen molar-refractivity contribution in [2.45, 2.75) is 0 Å². The van der Waals surface area contributed by atoms with Gasteiger partial charge < -0.3 is 20.1 Å². The molecule has 2 heterocycles. The molecule has 1 aromatic carbocycles. The smallest absolute Gasteiger partial charge is 0.353 e. The van der Waals surface area contributed by atoms with Gasteiger partial charge in [-0.1, -0.05) is 12.1 Å². The highest BCUT2D eigenvalue weighted by Crippen LogP contribution is 2.30. The number of carbonyl (C=O) groups is 2. The van der Waals surface area contributed by atoms with Gasteiger partial charge in [-0.15, -0.1) is 11.3 Å². The molecule has 0 unspecified atom stereocenters. The number of benzene rings is 1. The number of thiophene rings is 1. The van der Waals surface area contributed by atoms with Crippen LogP contribution in [0, 0.1) is 0 Å². The molecule has 7 nitrogen and oxygen atoms in total. The highest BCUT2D eigenvalue weighted by atomic mass is 32.1. The zero-order valence-electron chi connectivity index (χ0n) is 13.6. The first kappa shape index (κ1) is 16.7. The summed E-state index contributed by atoms with van der Waals surface area (Å²) in [6, 6.07) is 8.45. The molecule has 1 aliphatic heterocycles. The summed E-state index contributed by atoms with van der Waals surface area (Å²) < 4.78 is 10.7. The Morgan fingerprint density at radius 1 is 1.32 bits per heavy atom. The van der Waals surface area contributed by atoms with Crippen LogP contribution in [-0.2, 0) is 4.79 Å². The number of guanidine groups is 1. The average molecular weight is 357 g/mol. The third kappa shape index (κ3) is 3.38. The monoisotopic (exact) mass is 357 g/mol. The van der Waals surface area contributed by atoms with Crippen LogP contribution in [0.3, 0.4) is 0 Å². The second kappa shape index (κ2) is 6.78. The van der Waals surface area contributed by atoms with Crippen LogP contribution in [-0.4, -0.2) is 36.9 Å². The Hall–Kier alpha value is -3.13. The molecule has 0 fully saturated rings. The molecule has 3 rings (SSSR count). The summed E-state index contributed by atoms with van der Waals surface area (Å²) in [4.78, 5) is 29.6. The molecule has 0 saturated carbocycles. The van der Waals surface area contributed by atoms with Crippen molar-refractivity contribution in [3.63, 3.8) is 0 Å². The van der Waals surface area contributed by atoms with Crippen molar-refractivity contribution in [3.8, 4) is 11.5 Å². The Morgan fingerprint density at radius 2 is 2.12 bits per heavy atom. The molecule has 1 amide bonds. The minimum absolute atomic E-state index is 0.143. The van der Waals surface area contributed by atoms with E-state index in [4.69, 9.17) is 15.2 Å². The zero-order valence-corrected chi connectivity index (χ0v) is 14.4. The predicted molar refractivity (Wildman–Crippen MR) is 94.6 cm³/mol. The molecule has 25 heavy (non-hydrogen) atoms. The minimum atomic E-state index is -0.453. The molecular weight excluding hydrogens is 342 g/mol. The number of carbonyl (C=O) groups excluding carboxylic acids is 2. The number of esters is 1. The van der Waals surface area contributed by atoms with Crippen LogP contribution in [0.1, 0.15) is 15.2 Å². The Labute approximate surface area is 148 Å². The first-order valence-electron chi connectivity index (χ1n) is 7.27. The van der Waals surface area contributed by atoms with Gasteiger partial charge in [-0.05, 0) is 35.2 Å². The lowest BCUT2D eigenvalue weighted by Gasteiger charge is -2.12. The largest absolute Gasteiger partial charge is 0.493 e. The summed E-state index contributed by atoms with van der Waals surface area (Å²) in [5, 5.41) is 1.80. The molecule has 0 radical (unpaired) electrons. The van der Waals surface area contributed by atoms with Crippen LogP contribution in [0.15, 0.2) is 46.4 Å². The van der Waals surface area contributed by atoms with Gasteiger partial charge in [0, 0.05) is 7.05 Å². The molecular formula is C17H15N3O4S. The van der Waals surface area contributed by atoms with E-state index < -0.39 is 11.9 Å². The number of nitrogens with two attached hydrogens (primary N) is 1. The van der Waals surface area contributed by atoms with Gasteiger partial charge >= 0.3 is 5.97 Å². The number of rotatable bonds is 4. The van der Waals surface area contributed by atoms with E-state index in [0.717, 1.165) is 0 Å². The van der Waals surface area contributed by atoms with Gasteiger partial charge in [0.25, 0.3) is 5.91 Å². The normalized spacial score (nSPS) is 15.4. The van der Waals surface area contributed by atoms with Gasteiger partial charge in [0.05, 0.1) is 7.11 Å². The van der Waals surface area contributed by atoms with Crippen LogP contribution < -0.4 is 15.2 Å². The number of methoxy groups -OCH3 is 1. The summed E-state index contributed by atoms with van der Waals surface area (Å²) >= 11 is 1.30. The number of ether oxygens (including phenoxy) is 2. The summed E-state index contributed by atoms with van der Waals surface area (Å²) in [6.07, 6.45) is 1.64. The van der Waals surface area contributed by atoms with Crippen LogP contribution in [0.25, 0.3) is 6.08 Å². The number of hydrogen-bond donors (Lipinski definition) is 1. The van der Waals surface area contributed by atoms with Crippen molar-refractivity contribution in [2.24, 2.45) is 10.7 Å². The SMILES string of the molecule is COc1cc(/C=C2/C(=O)N=C(N)N2C)ccc1OC(=O)c1cccs1. The first-order valence-corrected chi connectivity index (χ1v) is 8.15. The molecule has 0 bridgehead atoms. The van der Waals surface area contributed by atoms with Crippen LogP contribution in [0.4, 0.5) is 0 Å². The second-order valence-corrected chi connectivity index (χ2v) is 6.09. The number of amides is 1. The molecule has 1 aromatic heterocycles. The van der Waals surface area contributed by atoms with Crippen molar-refractivity contribution in [1.82, 2.24) is 4.90 Å². The summed E-state index contributed by atoms with van der Waals surface area (Å²) in [6.45, 7) is 0. The van der Waals surface area contributed by atoms with Crippen molar-refractivity contribution < 1.29 is 19.1 Å². The fraction of sp³-hybridized carbons (Fsp3) is 0.118. The van der Waals surface area contributed by atoms with E-state index in [1.54, 1.807) is 48.8 Å². The molecule has 128 valence electrons. The van der Waals surface area contributed by atoms with Gasteiger partial charge in [-0.25, -0.2) is 4.79 Å². The number of hydrogen-bond acceptors (Lipinski definition) is 7. The van der Waals surface area contributed by atoms with Crippen LogP contribution in [0.5, 0.6) is 11.5 Å². The topological polar surface area (TPSA) is 94.2 Å². The Kier molecular flexibility index (Phi) is 4.53. The molecule has 0 aliphatic carbocycles. The van der Waals surface area contributed by atoms with Gasteiger partial charge in [0.1, 0.15) is 10.6 Å². The Morgan fingerprint density at radius 3 is 2.72 bits per heavy atom. The molecule has 1 aliphatic rings. The molecule has 8 heteroatoms. The fourth-order valence-corrected chi connectivity index (χ4v) is 2.82. The number of nitrogens with zero attached hydrogens (tertiary/aromatic N) is 2. The third-order valence-corrected chi connectivity index (χ3v) is 4.41. The minimum Gasteiger partial charge on any atom is -0.493 e. The Balaban J connectivity index is 1.85. The summed E-state index contributed by atoms with van der Waals surface area (Å²) in [5.74, 6) is -0.0469. The van der Waals surface area contributed by atoms with E-state index in [0.29, 0.717) is 27.6 Å². The maximum Gasteiger partial charge on any atom is 0.353 e. The van der Waals surface area contributed by atoms with Crippen molar-refractivity contribution in [1.29, 1.82) is 0 Å². The number of aliphatic imine (C=N–C) groups is 1. The van der Waals surface area contributed by atoms with E-state index in [9.17, 15) is 9.59 Å². The van der Waals surface area contributed by atoms with Crippen LogP contribution >= 0.6 is 11.3 Å². The van der Waals surface area contributed by atoms with Crippen LogP contribution in [0.2, 0.25) is 0 Å². The lowest BCUT2D eigenvalue weighted by Crippen LogP contribution is -2.28. The fourth-order valence-electron chi connectivity index (χ4n) is 2.22. The van der Waals surface area contributed by atoms with Crippen molar-refractivity contribution in [3.05, 3.63) is 51.8 Å². The van der Waals surface area contributed by atoms with E-state index in [1.165, 1.54) is 23.3 Å².